The van der Waals surface area contributed by atoms with Crippen molar-refractivity contribution in [1.29, 1.82) is 0 Å². The van der Waals surface area contributed by atoms with E-state index >= 15 is 0 Å². The van der Waals surface area contributed by atoms with Crippen LogP contribution in [0.3, 0.4) is 0 Å². The Kier molecular flexibility index (Phi) is 5.70. The maximum Gasteiger partial charge on any atom is 0.262 e. The number of pyridine rings is 1. The number of rotatable bonds is 6. The highest BCUT2D eigenvalue weighted by atomic mass is 32.1. The van der Waals surface area contributed by atoms with E-state index in [0.29, 0.717) is 11.5 Å². The number of aliphatic hydroxyl groups is 1. The van der Waals surface area contributed by atoms with Crippen molar-refractivity contribution < 1.29 is 14.6 Å². The fourth-order valence-electron chi connectivity index (χ4n) is 3.45. The smallest absolute Gasteiger partial charge is 0.262 e. The quantitative estimate of drug-likeness (QED) is 0.464. The first-order valence-corrected chi connectivity index (χ1v) is 10.8. The van der Waals surface area contributed by atoms with E-state index in [-0.39, 0.29) is 12.5 Å². The van der Waals surface area contributed by atoms with Gasteiger partial charge in [0.15, 0.2) is 0 Å². The molecule has 0 saturated heterocycles. The minimum atomic E-state index is -0.609. The SMILES string of the molecule is CCOc1ccc2ncc3c(-c4ccc(C)cc4)c(C(=O)NC[C@@H](C)O)sc3c2c1. The van der Waals surface area contributed by atoms with E-state index in [0.717, 1.165) is 43.4 Å². The van der Waals surface area contributed by atoms with Crippen LogP contribution < -0.4 is 10.1 Å². The summed E-state index contributed by atoms with van der Waals surface area (Å²) in [6.45, 7) is 6.43. The number of carbonyl (C=O) groups is 1. The highest BCUT2D eigenvalue weighted by Crippen LogP contribution is 2.42. The third-order valence-corrected chi connectivity index (χ3v) is 6.14. The molecule has 0 spiro atoms. The number of amides is 1. The molecular formula is C24H24N2O3S. The van der Waals surface area contributed by atoms with Crippen molar-refractivity contribution in [3.8, 4) is 16.9 Å². The molecule has 6 heteroatoms. The number of nitrogens with zero attached hydrogens (tertiary/aromatic N) is 1. The predicted octanol–water partition coefficient (Wildman–Crippen LogP) is 4.93. The van der Waals surface area contributed by atoms with Crippen molar-refractivity contribution in [3.05, 3.63) is 59.1 Å². The van der Waals surface area contributed by atoms with Crippen molar-refractivity contribution in [3.63, 3.8) is 0 Å². The van der Waals surface area contributed by atoms with Gasteiger partial charge in [0.05, 0.1) is 18.2 Å². The zero-order valence-corrected chi connectivity index (χ0v) is 18.0. The third kappa shape index (κ3) is 3.88. The normalized spacial score (nSPS) is 12.3. The number of aromatic nitrogens is 1. The molecule has 1 atom stereocenters. The van der Waals surface area contributed by atoms with E-state index < -0.39 is 6.10 Å². The summed E-state index contributed by atoms with van der Waals surface area (Å²) in [6, 6.07) is 14.0. The molecule has 0 aliphatic heterocycles. The first kappa shape index (κ1) is 20.3. The molecule has 0 saturated carbocycles. The van der Waals surface area contributed by atoms with Crippen LogP contribution in [0, 0.1) is 6.92 Å². The number of nitrogens with one attached hydrogen (secondary N) is 1. The van der Waals surface area contributed by atoms with Gasteiger partial charge in [0, 0.05) is 33.8 Å². The molecule has 30 heavy (non-hydrogen) atoms. The molecule has 0 radical (unpaired) electrons. The standard InChI is InChI=1S/C24H24N2O3S/c1-4-29-17-9-10-20-18(11-17)22-19(13-25-20)21(16-7-5-14(2)6-8-16)23(30-22)24(28)26-12-15(3)27/h5-11,13,15,27H,4,12H2,1-3H3,(H,26,28)/t15-/m1/s1. The van der Waals surface area contributed by atoms with Crippen LogP contribution in [0.2, 0.25) is 0 Å². The fourth-order valence-corrected chi connectivity index (χ4v) is 4.69. The summed E-state index contributed by atoms with van der Waals surface area (Å²) >= 11 is 1.45. The monoisotopic (exact) mass is 420 g/mol. The number of carbonyl (C=O) groups excluding carboxylic acids is 1. The average molecular weight is 421 g/mol. The van der Waals surface area contributed by atoms with Crippen LogP contribution >= 0.6 is 11.3 Å². The Bertz CT molecular complexity index is 1210. The second-order valence-electron chi connectivity index (χ2n) is 7.34. The van der Waals surface area contributed by atoms with Crippen molar-refractivity contribution in [2.75, 3.05) is 13.2 Å². The molecule has 0 aliphatic rings. The Balaban J connectivity index is 1.95. The van der Waals surface area contributed by atoms with Crippen molar-refractivity contribution in [2.24, 2.45) is 0 Å². The summed E-state index contributed by atoms with van der Waals surface area (Å²) in [4.78, 5) is 18.3. The molecule has 1 amide bonds. The van der Waals surface area contributed by atoms with Gasteiger partial charge >= 0.3 is 0 Å². The number of aryl methyl sites for hydroxylation is 1. The van der Waals surface area contributed by atoms with Gasteiger partial charge in [-0.25, -0.2) is 0 Å². The van der Waals surface area contributed by atoms with Crippen LogP contribution in [0.4, 0.5) is 0 Å². The number of ether oxygens (including phenoxy) is 1. The molecule has 2 aromatic heterocycles. The van der Waals surface area contributed by atoms with E-state index in [4.69, 9.17) is 4.74 Å². The lowest BCUT2D eigenvalue weighted by Crippen LogP contribution is -2.30. The van der Waals surface area contributed by atoms with Crippen LogP contribution in [0.5, 0.6) is 5.75 Å². The molecule has 2 heterocycles. The fraction of sp³-hybridized carbons (Fsp3) is 0.250. The Morgan fingerprint density at radius 1 is 1.20 bits per heavy atom. The summed E-state index contributed by atoms with van der Waals surface area (Å²) in [5, 5.41) is 14.3. The van der Waals surface area contributed by atoms with E-state index in [1.54, 1.807) is 6.92 Å². The van der Waals surface area contributed by atoms with Gasteiger partial charge in [0.1, 0.15) is 10.6 Å². The zero-order chi connectivity index (χ0) is 21.3. The summed E-state index contributed by atoms with van der Waals surface area (Å²) in [6.07, 6.45) is 1.23. The van der Waals surface area contributed by atoms with E-state index in [9.17, 15) is 9.90 Å². The summed E-state index contributed by atoms with van der Waals surface area (Å²) in [5.41, 5.74) is 3.85. The number of benzene rings is 2. The molecule has 2 N–H and O–H groups in total. The summed E-state index contributed by atoms with van der Waals surface area (Å²) in [5.74, 6) is 0.589. The van der Waals surface area contributed by atoms with Crippen LogP contribution in [0.15, 0.2) is 48.7 Å². The van der Waals surface area contributed by atoms with Crippen LogP contribution in [0.1, 0.15) is 29.1 Å². The number of aliphatic hydroxyl groups excluding tert-OH is 1. The minimum absolute atomic E-state index is 0.193. The molecule has 4 rings (SSSR count). The number of hydrogen-bond acceptors (Lipinski definition) is 5. The molecule has 2 aromatic carbocycles. The lowest BCUT2D eigenvalue weighted by atomic mass is 10.0. The van der Waals surface area contributed by atoms with Gasteiger partial charge in [0.2, 0.25) is 0 Å². The van der Waals surface area contributed by atoms with Gasteiger partial charge in [-0.05, 0) is 44.5 Å². The molecule has 5 nitrogen and oxygen atoms in total. The third-order valence-electron chi connectivity index (χ3n) is 4.91. The van der Waals surface area contributed by atoms with Crippen LogP contribution in [-0.2, 0) is 0 Å². The van der Waals surface area contributed by atoms with Crippen molar-refractivity contribution in [2.45, 2.75) is 26.9 Å². The molecule has 4 aromatic rings. The second-order valence-corrected chi connectivity index (χ2v) is 8.36. The molecule has 0 bridgehead atoms. The molecular weight excluding hydrogens is 396 g/mol. The van der Waals surface area contributed by atoms with Crippen molar-refractivity contribution in [1.82, 2.24) is 10.3 Å². The topological polar surface area (TPSA) is 71.5 Å². The van der Waals surface area contributed by atoms with Gasteiger partial charge in [0.25, 0.3) is 5.91 Å². The van der Waals surface area contributed by atoms with Crippen LogP contribution in [0.25, 0.3) is 32.1 Å². The Hall–Kier alpha value is -2.96. The lowest BCUT2D eigenvalue weighted by Gasteiger charge is -2.09. The average Bonchev–Trinajstić information content (AvgIpc) is 3.13. The van der Waals surface area contributed by atoms with Crippen LogP contribution in [-0.4, -0.2) is 35.3 Å². The maximum absolute atomic E-state index is 13.0. The van der Waals surface area contributed by atoms with Gasteiger partial charge in [-0.1, -0.05) is 29.8 Å². The van der Waals surface area contributed by atoms with Gasteiger partial charge in [-0.3, -0.25) is 9.78 Å². The molecule has 0 aliphatic carbocycles. The second kappa shape index (κ2) is 8.42. The minimum Gasteiger partial charge on any atom is -0.494 e. The predicted molar refractivity (Wildman–Crippen MR) is 122 cm³/mol. The highest BCUT2D eigenvalue weighted by molar-refractivity contribution is 7.22. The Labute approximate surface area is 179 Å². The first-order chi connectivity index (χ1) is 14.5. The van der Waals surface area contributed by atoms with Crippen molar-refractivity contribution >= 4 is 38.2 Å². The van der Waals surface area contributed by atoms with E-state index in [1.165, 1.54) is 11.3 Å². The lowest BCUT2D eigenvalue weighted by molar-refractivity contribution is 0.0928. The largest absolute Gasteiger partial charge is 0.494 e. The molecule has 154 valence electrons. The number of hydrogen-bond donors (Lipinski definition) is 2. The van der Waals surface area contributed by atoms with Gasteiger partial charge in [-0.2, -0.15) is 0 Å². The van der Waals surface area contributed by atoms with Gasteiger partial charge in [-0.15, -0.1) is 11.3 Å². The number of thiophene rings is 1. The highest BCUT2D eigenvalue weighted by Gasteiger charge is 2.22. The molecule has 0 fully saturated rings. The van der Waals surface area contributed by atoms with Gasteiger partial charge < -0.3 is 15.2 Å². The maximum atomic E-state index is 13.0. The van der Waals surface area contributed by atoms with E-state index in [2.05, 4.69) is 10.3 Å². The molecule has 0 unspecified atom stereocenters. The van der Waals surface area contributed by atoms with E-state index in [1.807, 2.05) is 62.5 Å². The summed E-state index contributed by atoms with van der Waals surface area (Å²) < 4.78 is 6.68. The number of fused-ring (bicyclic) bond motifs is 3. The zero-order valence-electron chi connectivity index (χ0n) is 17.2. The first-order valence-electron chi connectivity index (χ1n) is 9.99. The Morgan fingerprint density at radius 3 is 2.67 bits per heavy atom. The Morgan fingerprint density at radius 2 is 1.97 bits per heavy atom. The summed E-state index contributed by atoms with van der Waals surface area (Å²) in [7, 11) is 0.